The number of aromatic nitrogens is 4. The van der Waals surface area contributed by atoms with Crippen LogP contribution in [0.1, 0.15) is 0 Å². The predicted octanol–water partition coefficient (Wildman–Crippen LogP) is 13.7. The number of rotatable bonds is 6. The van der Waals surface area contributed by atoms with Gasteiger partial charge in [-0.2, -0.15) is 9.97 Å². The second kappa shape index (κ2) is 13.3. The van der Waals surface area contributed by atoms with E-state index < -0.39 is 0 Å². The minimum atomic E-state index is 0.576. The first-order valence-electron chi connectivity index (χ1n) is 18.8. The normalized spacial score (nSPS) is 11.6. The van der Waals surface area contributed by atoms with Gasteiger partial charge in [-0.15, -0.1) is 11.3 Å². The van der Waals surface area contributed by atoms with Gasteiger partial charge in [-0.1, -0.05) is 146 Å². The summed E-state index contributed by atoms with van der Waals surface area (Å²) in [7, 11) is 0. The quantitative estimate of drug-likeness (QED) is 0.171. The molecule has 5 heteroatoms. The molecular weight excluding hydrogens is 701 g/mol. The summed E-state index contributed by atoms with van der Waals surface area (Å²) in [5.41, 5.74) is 10.7. The molecule has 56 heavy (non-hydrogen) atoms. The van der Waals surface area contributed by atoms with Gasteiger partial charge in [-0.05, 0) is 81.9 Å². The third-order valence-electron chi connectivity index (χ3n) is 10.7. The number of thiophene rings is 1. The molecule has 8 aromatic carbocycles. The SMILES string of the molecule is c1ccc(-c2cc(-c3nc(-c4ccc5sc6ccccc6c5c4)nc(-n4c5ccccc5c5ccccc54)n3)cc(-c3ccccc3)c2-c2ccccc2)cc1. The summed E-state index contributed by atoms with van der Waals surface area (Å²) in [4.78, 5) is 16.1. The minimum Gasteiger partial charge on any atom is -0.278 e. The molecule has 0 saturated heterocycles. The van der Waals surface area contributed by atoms with Crippen molar-refractivity contribution < 1.29 is 0 Å². The Bertz CT molecular complexity index is 3130. The van der Waals surface area contributed by atoms with Crippen LogP contribution in [-0.2, 0) is 0 Å². The molecule has 0 atom stereocenters. The number of hydrogen-bond acceptors (Lipinski definition) is 4. The largest absolute Gasteiger partial charge is 0.278 e. The maximum atomic E-state index is 5.39. The van der Waals surface area contributed by atoms with E-state index in [-0.39, 0.29) is 0 Å². The maximum Gasteiger partial charge on any atom is 0.238 e. The van der Waals surface area contributed by atoms with Gasteiger partial charge in [0, 0.05) is 42.1 Å². The lowest BCUT2D eigenvalue weighted by Gasteiger charge is -2.19. The van der Waals surface area contributed by atoms with Crippen molar-refractivity contribution in [2.45, 2.75) is 0 Å². The summed E-state index contributed by atoms with van der Waals surface area (Å²) in [6.45, 7) is 0. The number of benzene rings is 8. The van der Waals surface area contributed by atoms with Gasteiger partial charge >= 0.3 is 0 Å². The molecule has 0 aliphatic heterocycles. The summed E-state index contributed by atoms with van der Waals surface area (Å²) in [5, 5.41) is 4.75. The molecule has 0 radical (unpaired) electrons. The van der Waals surface area contributed by atoms with Crippen molar-refractivity contribution in [3.63, 3.8) is 0 Å². The Morgan fingerprint density at radius 2 is 0.821 bits per heavy atom. The van der Waals surface area contributed by atoms with Crippen LogP contribution >= 0.6 is 11.3 Å². The highest BCUT2D eigenvalue weighted by Gasteiger charge is 2.22. The third-order valence-corrected chi connectivity index (χ3v) is 11.8. The second-order valence-corrected chi connectivity index (χ2v) is 15.1. The van der Waals surface area contributed by atoms with Crippen LogP contribution in [0.5, 0.6) is 0 Å². The van der Waals surface area contributed by atoms with E-state index in [0.29, 0.717) is 17.6 Å². The van der Waals surface area contributed by atoms with E-state index in [1.54, 1.807) is 0 Å². The highest BCUT2D eigenvalue weighted by Crippen LogP contribution is 2.44. The van der Waals surface area contributed by atoms with Crippen LogP contribution in [0.3, 0.4) is 0 Å². The zero-order valence-corrected chi connectivity index (χ0v) is 31.0. The monoisotopic (exact) mass is 732 g/mol. The topological polar surface area (TPSA) is 43.6 Å². The van der Waals surface area contributed by atoms with Crippen molar-refractivity contribution in [1.82, 2.24) is 19.5 Å². The molecule has 11 aromatic rings. The van der Waals surface area contributed by atoms with Gasteiger partial charge in [0.25, 0.3) is 0 Å². The van der Waals surface area contributed by atoms with Gasteiger partial charge < -0.3 is 0 Å². The first kappa shape index (κ1) is 32.2. The molecular formula is C51H32N4S. The van der Waals surface area contributed by atoms with Crippen LogP contribution in [0.15, 0.2) is 194 Å². The van der Waals surface area contributed by atoms with Crippen molar-refractivity contribution in [1.29, 1.82) is 0 Å². The van der Waals surface area contributed by atoms with Crippen LogP contribution in [0.25, 0.3) is 104 Å². The molecule has 11 rings (SSSR count). The van der Waals surface area contributed by atoms with Crippen LogP contribution < -0.4 is 0 Å². The van der Waals surface area contributed by atoms with E-state index in [0.717, 1.165) is 60.8 Å². The average Bonchev–Trinajstić information content (AvgIpc) is 3.82. The summed E-state index contributed by atoms with van der Waals surface area (Å²) < 4.78 is 4.69. The summed E-state index contributed by atoms with van der Waals surface area (Å²) >= 11 is 1.81. The number of hydrogen-bond donors (Lipinski definition) is 0. The summed E-state index contributed by atoms with van der Waals surface area (Å²) in [5.74, 6) is 1.81. The molecule has 262 valence electrons. The fraction of sp³-hybridized carbons (Fsp3) is 0. The van der Waals surface area contributed by atoms with Crippen LogP contribution in [-0.4, -0.2) is 19.5 Å². The van der Waals surface area contributed by atoms with Crippen LogP contribution in [0.2, 0.25) is 0 Å². The minimum absolute atomic E-state index is 0.576. The van der Waals surface area contributed by atoms with Gasteiger partial charge in [0.15, 0.2) is 11.6 Å². The first-order chi connectivity index (χ1) is 27.8. The van der Waals surface area contributed by atoms with E-state index in [1.165, 1.54) is 25.7 Å². The number of nitrogens with zero attached hydrogens (tertiary/aromatic N) is 4. The molecule has 0 amide bonds. The smallest absolute Gasteiger partial charge is 0.238 e. The Kier molecular flexibility index (Phi) is 7.64. The maximum absolute atomic E-state index is 5.39. The van der Waals surface area contributed by atoms with Crippen molar-refractivity contribution >= 4 is 53.3 Å². The Hall–Kier alpha value is -7.21. The number of fused-ring (bicyclic) bond motifs is 6. The molecule has 0 aliphatic rings. The molecule has 0 unspecified atom stereocenters. The molecule has 3 aromatic heterocycles. The van der Waals surface area contributed by atoms with Gasteiger partial charge in [0.2, 0.25) is 5.95 Å². The second-order valence-electron chi connectivity index (χ2n) is 14.0. The lowest BCUT2D eigenvalue weighted by molar-refractivity contribution is 0.954. The molecule has 0 N–H and O–H groups in total. The van der Waals surface area contributed by atoms with Gasteiger partial charge in [0.05, 0.1) is 11.0 Å². The van der Waals surface area contributed by atoms with Crippen LogP contribution in [0, 0.1) is 0 Å². The Morgan fingerprint density at radius 1 is 0.339 bits per heavy atom. The van der Waals surface area contributed by atoms with Gasteiger partial charge in [-0.25, -0.2) is 4.98 Å². The zero-order valence-electron chi connectivity index (χ0n) is 30.2. The van der Waals surface area contributed by atoms with Gasteiger partial charge in [-0.3, -0.25) is 4.57 Å². The van der Waals surface area contributed by atoms with E-state index in [1.807, 2.05) is 11.3 Å². The Labute approximate surface area is 327 Å². The molecule has 0 spiro atoms. The summed E-state index contributed by atoms with van der Waals surface area (Å²) in [6.07, 6.45) is 0. The fourth-order valence-electron chi connectivity index (χ4n) is 8.10. The third kappa shape index (κ3) is 5.40. The zero-order chi connectivity index (χ0) is 37.0. The van der Waals surface area contributed by atoms with Crippen molar-refractivity contribution in [3.8, 4) is 62.1 Å². The molecule has 0 saturated carbocycles. The lowest BCUT2D eigenvalue weighted by atomic mass is 9.86. The van der Waals surface area contributed by atoms with E-state index >= 15 is 0 Å². The predicted molar refractivity (Wildman–Crippen MR) is 234 cm³/mol. The Morgan fingerprint density at radius 3 is 1.43 bits per heavy atom. The molecule has 4 nitrogen and oxygen atoms in total. The van der Waals surface area contributed by atoms with E-state index in [4.69, 9.17) is 15.0 Å². The van der Waals surface area contributed by atoms with E-state index in [2.05, 4.69) is 199 Å². The van der Waals surface area contributed by atoms with Crippen LogP contribution in [0.4, 0.5) is 0 Å². The molecule has 0 bridgehead atoms. The van der Waals surface area contributed by atoms with Crippen molar-refractivity contribution in [2.75, 3.05) is 0 Å². The first-order valence-corrected chi connectivity index (χ1v) is 19.6. The number of para-hydroxylation sites is 2. The fourth-order valence-corrected chi connectivity index (χ4v) is 9.19. The molecule has 0 aliphatic carbocycles. The standard InChI is InChI=1S/C51H32N4S/c1-4-16-33(17-5-1)41-31-37(32-42(34-18-6-2-7-19-34)48(41)35-20-8-3-9-21-35)50-52-49(36-28-29-47-43(30-36)40-24-12-15-27-46(40)56-47)53-51(54-50)55-44-25-13-10-22-38(44)39-23-11-14-26-45(39)55/h1-32H. The van der Waals surface area contributed by atoms with Crippen molar-refractivity contribution in [3.05, 3.63) is 194 Å². The lowest BCUT2D eigenvalue weighted by Crippen LogP contribution is -2.06. The highest BCUT2D eigenvalue weighted by atomic mass is 32.1. The van der Waals surface area contributed by atoms with Gasteiger partial charge in [0.1, 0.15) is 0 Å². The molecule has 3 heterocycles. The molecule has 0 fully saturated rings. The summed E-state index contributed by atoms with van der Waals surface area (Å²) in [6, 6.07) is 68.7. The average molecular weight is 733 g/mol. The van der Waals surface area contributed by atoms with Crippen molar-refractivity contribution in [2.24, 2.45) is 0 Å². The Balaban J connectivity index is 1.23. The highest BCUT2D eigenvalue weighted by molar-refractivity contribution is 7.25. The van der Waals surface area contributed by atoms with E-state index in [9.17, 15) is 0 Å².